The summed E-state index contributed by atoms with van der Waals surface area (Å²) in [5.41, 5.74) is 0.351. The fourth-order valence-electron chi connectivity index (χ4n) is 3.58. The standard InChI is InChI=1S/C20H25N5O5/c1-20(2,3)30-18(26)21-17-23-22-16(29-17)15-10-9-14-11-24(15)19(27)25(14)28-12-13-7-5-4-6-8-13/h4-8,14-15H,9-12H2,1-3H3,(H,21,23,26)/t14-,15+/m1/s1. The Morgan fingerprint density at radius 3 is 2.73 bits per heavy atom. The van der Waals surface area contributed by atoms with Crippen molar-refractivity contribution in [2.45, 2.75) is 57.9 Å². The molecule has 2 bridgehead atoms. The number of rotatable bonds is 5. The minimum absolute atomic E-state index is 0.0141. The summed E-state index contributed by atoms with van der Waals surface area (Å²) in [5, 5.41) is 11.7. The zero-order chi connectivity index (χ0) is 21.3. The predicted molar refractivity (Wildman–Crippen MR) is 105 cm³/mol. The van der Waals surface area contributed by atoms with Crippen LogP contribution in [0.4, 0.5) is 15.6 Å². The fraction of sp³-hybridized carbons (Fsp3) is 0.500. The topological polar surface area (TPSA) is 110 Å². The van der Waals surface area contributed by atoms with Crippen LogP contribution < -0.4 is 5.32 Å². The molecule has 0 radical (unpaired) electrons. The second-order valence-corrected chi connectivity index (χ2v) is 8.34. The zero-order valence-electron chi connectivity index (χ0n) is 17.2. The molecule has 2 fully saturated rings. The first-order valence-electron chi connectivity index (χ1n) is 9.90. The van der Waals surface area contributed by atoms with Gasteiger partial charge in [-0.05, 0) is 39.2 Å². The van der Waals surface area contributed by atoms with Gasteiger partial charge in [0.05, 0.1) is 6.04 Å². The number of hydrogen-bond acceptors (Lipinski definition) is 7. The van der Waals surface area contributed by atoms with Crippen molar-refractivity contribution in [1.29, 1.82) is 0 Å². The third-order valence-electron chi connectivity index (χ3n) is 4.87. The van der Waals surface area contributed by atoms with Gasteiger partial charge in [-0.2, -0.15) is 5.06 Å². The van der Waals surface area contributed by atoms with E-state index in [9.17, 15) is 9.59 Å². The minimum atomic E-state index is -0.681. The van der Waals surface area contributed by atoms with Gasteiger partial charge >= 0.3 is 18.1 Å². The molecule has 1 N–H and O–H groups in total. The van der Waals surface area contributed by atoms with Crippen LogP contribution in [-0.4, -0.2) is 50.5 Å². The molecular weight excluding hydrogens is 390 g/mol. The predicted octanol–water partition coefficient (Wildman–Crippen LogP) is 3.49. The number of hydrogen-bond donors (Lipinski definition) is 1. The van der Waals surface area contributed by atoms with Gasteiger partial charge in [0.25, 0.3) is 0 Å². The number of aromatic nitrogens is 2. The van der Waals surface area contributed by atoms with Crippen LogP contribution in [0.3, 0.4) is 0 Å². The van der Waals surface area contributed by atoms with Crippen molar-refractivity contribution < 1.29 is 23.6 Å². The summed E-state index contributed by atoms with van der Waals surface area (Å²) < 4.78 is 10.8. The molecule has 2 saturated heterocycles. The Hall–Kier alpha value is -3.14. The molecule has 160 valence electrons. The molecule has 2 aromatic rings. The van der Waals surface area contributed by atoms with Crippen molar-refractivity contribution in [1.82, 2.24) is 20.2 Å². The van der Waals surface area contributed by atoms with E-state index < -0.39 is 11.7 Å². The summed E-state index contributed by atoms with van der Waals surface area (Å²) in [6.07, 6.45) is 0.730. The highest BCUT2D eigenvalue weighted by Crippen LogP contribution is 2.38. The van der Waals surface area contributed by atoms with E-state index in [0.717, 1.165) is 12.0 Å². The maximum Gasteiger partial charge on any atom is 0.415 e. The van der Waals surface area contributed by atoms with E-state index >= 15 is 0 Å². The first kappa shape index (κ1) is 20.1. The average Bonchev–Trinajstić information content (AvgIpc) is 3.23. The molecule has 3 heterocycles. The molecule has 10 heteroatoms. The van der Waals surface area contributed by atoms with Gasteiger partial charge in [0, 0.05) is 6.54 Å². The highest BCUT2D eigenvalue weighted by atomic mass is 16.7. The Kier molecular flexibility index (Phi) is 5.33. The molecule has 1 aromatic heterocycles. The highest BCUT2D eigenvalue weighted by molar-refractivity contribution is 5.82. The van der Waals surface area contributed by atoms with Crippen LogP contribution in [-0.2, 0) is 16.2 Å². The summed E-state index contributed by atoms with van der Waals surface area (Å²) in [4.78, 5) is 32.2. The maximum absolute atomic E-state index is 12.9. The summed E-state index contributed by atoms with van der Waals surface area (Å²) in [6, 6.07) is 9.04. The summed E-state index contributed by atoms with van der Waals surface area (Å²) in [6.45, 7) is 6.13. The van der Waals surface area contributed by atoms with Gasteiger partial charge < -0.3 is 14.1 Å². The molecule has 1 aromatic carbocycles. The molecule has 3 amide bonds. The van der Waals surface area contributed by atoms with Crippen molar-refractivity contribution in [3.8, 4) is 0 Å². The van der Waals surface area contributed by atoms with E-state index in [0.29, 0.717) is 19.6 Å². The number of fused-ring (bicyclic) bond motifs is 2. The lowest BCUT2D eigenvalue weighted by atomic mass is 10.0. The molecular formula is C20H25N5O5. The number of amides is 3. The summed E-state index contributed by atoms with van der Waals surface area (Å²) in [7, 11) is 0. The molecule has 0 saturated carbocycles. The lowest BCUT2D eigenvalue weighted by molar-refractivity contribution is -0.140. The average molecular weight is 415 g/mol. The number of piperidine rings is 1. The Bertz CT molecular complexity index is 910. The van der Waals surface area contributed by atoms with Crippen LogP contribution in [0.5, 0.6) is 0 Å². The first-order chi connectivity index (χ1) is 14.3. The van der Waals surface area contributed by atoms with Crippen molar-refractivity contribution in [3.05, 3.63) is 41.8 Å². The minimum Gasteiger partial charge on any atom is -0.443 e. The van der Waals surface area contributed by atoms with E-state index in [1.54, 1.807) is 25.7 Å². The number of urea groups is 1. The molecule has 0 spiro atoms. The van der Waals surface area contributed by atoms with E-state index in [1.165, 1.54) is 5.06 Å². The van der Waals surface area contributed by atoms with Crippen LogP contribution in [0.1, 0.15) is 51.1 Å². The molecule has 30 heavy (non-hydrogen) atoms. The van der Waals surface area contributed by atoms with Crippen molar-refractivity contribution in [3.63, 3.8) is 0 Å². The highest BCUT2D eigenvalue weighted by Gasteiger charge is 2.47. The Morgan fingerprint density at radius 2 is 2.00 bits per heavy atom. The number of ether oxygens (including phenoxy) is 1. The SMILES string of the molecule is CC(C)(C)OC(=O)Nc1nnc([C@@H]2CC[C@@H]3CN2C(=O)N3OCc2ccccc2)o1. The zero-order valence-corrected chi connectivity index (χ0v) is 17.2. The van der Waals surface area contributed by atoms with E-state index in [1.807, 2.05) is 30.3 Å². The van der Waals surface area contributed by atoms with Crippen LogP contribution in [0.15, 0.2) is 34.7 Å². The monoisotopic (exact) mass is 415 g/mol. The number of carbonyl (C=O) groups is 2. The van der Waals surface area contributed by atoms with Crippen molar-refractivity contribution in [2.24, 2.45) is 0 Å². The van der Waals surface area contributed by atoms with Gasteiger partial charge in [-0.3, -0.25) is 4.84 Å². The number of nitrogens with zero attached hydrogens (tertiary/aromatic N) is 4. The molecule has 2 aliphatic rings. The Morgan fingerprint density at radius 1 is 1.23 bits per heavy atom. The van der Waals surface area contributed by atoms with Gasteiger partial charge in [0.15, 0.2) is 0 Å². The van der Waals surface area contributed by atoms with E-state index in [4.69, 9.17) is 14.0 Å². The van der Waals surface area contributed by atoms with Crippen LogP contribution in [0, 0.1) is 0 Å². The Labute approximate surface area is 174 Å². The largest absolute Gasteiger partial charge is 0.443 e. The smallest absolute Gasteiger partial charge is 0.415 e. The lowest BCUT2D eigenvalue weighted by Crippen LogP contribution is -2.34. The molecule has 4 rings (SSSR count). The van der Waals surface area contributed by atoms with E-state index in [-0.39, 0.29) is 30.0 Å². The van der Waals surface area contributed by atoms with Crippen molar-refractivity contribution >= 4 is 18.1 Å². The third kappa shape index (κ3) is 4.38. The molecule has 2 atom stereocenters. The number of nitrogens with one attached hydrogen (secondary N) is 1. The van der Waals surface area contributed by atoms with Crippen LogP contribution in [0.25, 0.3) is 0 Å². The summed E-state index contributed by atoms with van der Waals surface area (Å²) in [5.74, 6) is 0.276. The van der Waals surface area contributed by atoms with Gasteiger partial charge in [0.1, 0.15) is 18.2 Å². The number of anilines is 1. The Balaban J connectivity index is 1.38. The third-order valence-corrected chi connectivity index (χ3v) is 4.87. The normalized spacial score (nSPS) is 21.1. The molecule has 0 unspecified atom stereocenters. The molecule has 0 aliphatic carbocycles. The number of carbonyl (C=O) groups excluding carboxylic acids is 2. The number of hydroxylamine groups is 2. The van der Waals surface area contributed by atoms with E-state index in [2.05, 4.69) is 15.5 Å². The second-order valence-electron chi connectivity index (χ2n) is 8.34. The number of benzene rings is 1. The van der Waals surface area contributed by atoms with Gasteiger partial charge in [0.2, 0.25) is 5.89 Å². The first-order valence-corrected chi connectivity index (χ1v) is 9.90. The van der Waals surface area contributed by atoms with Gasteiger partial charge in [-0.25, -0.2) is 14.9 Å². The molecule has 10 nitrogen and oxygen atoms in total. The maximum atomic E-state index is 12.9. The van der Waals surface area contributed by atoms with Crippen LogP contribution >= 0.6 is 0 Å². The van der Waals surface area contributed by atoms with Crippen LogP contribution in [0.2, 0.25) is 0 Å². The lowest BCUT2D eigenvalue weighted by Gasteiger charge is -2.27. The second kappa shape index (κ2) is 7.94. The quantitative estimate of drug-likeness (QED) is 0.796. The van der Waals surface area contributed by atoms with Gasteiger partial charge in [-0.15, -0.1) is 5.10 Å². The molecule has 2 aliphatic heterocycles. The fourth-order valence-corrected chi connectivity index (χ4v) is 3.58. The summed E-state index contributed by atoms with van der Waals surface area (Å²) >= 11 is 0. The van der Waals surface area contributed by atoms with Crippen molar-refractivity contribution in [2.75, 3.05) is 11.9 Å². The van der Waals surface area contributed by atoms with Gasteiger partial charge in [-0.1, -0.05) is 35.4 Å².